The number of nitriles is 1. The maximum atomic E-state index is 13.1. The molecule has 2 heterocycles. The minimum absolute atomic E-state index is 0.0271. The highest BCUT2D eigenvalue weighted by Gasteiger charge is 2.41. The summed E-state index contributed by atoms with van der Waals surface area (Å²) in [5.41, 5.74) is 8.86. The summed E-state index contributed by atoms with van der Waals surface area (Å²) in [6.07, 6.45) is 1.78. The normalized spacial score (nSPS) is 18.8. The molecule has 1 atom stereocenters. The first kappa shape index (κ1) is 21.2. The molecule has 0 amide bonds. The number of non-ortho nitro benzene ring substituents is 1. The van der Waals surface area contributed by atoms with Crippen LogP contribution in [0.25, 0.3) is 0 Å². The molecule has 0 spiro atoms. The maximum Gasteiger partial charge on any atom is 0.269 e. The smallest absolute Gasteiger partial charge is 0.269 e. The third-order valence-corrected chi connectivity index (χ3v) is 7.52. The molecule has 2 N–H and O–H groups in total. The predicted octanol–water partition coefficient (Wildman–Crippen LogP) is 5.07. The second-order valence-corrected chi connectivity index (χ2v) is 9.43. The fourth-order valence-corrected chi connectivity index (χ4v) is 6.21. The van der Waals surface area contributed by atoms with Crippen molar-refractivity contribution in [2.24, 2.45) is 5.73 Å². The number of thiophene rings is 1. The number of carbonyl (C=O) groups excluding carboxylic acids is 1. The summed E-state index contributed by atoms with van der Waals surface area (Å²) in [5, 5.41) is 23.1. The number of hydrogen-bond acceptors (Lipinski definition) is 8. The highest BCUT2D eigenvalue weighted by molar-refractivity contribution is 7.99. The van der Waals surface area contributed by atoms with Gasteiger partial charge in [0.1, 0.15) is 5.82 Å². The van der Waals surface area contributed by atoms with Crippen LogP contribution in [-0.2, 0) is 4.79 Å². The van der Waals surface area contributed by atoms with Gasteiger partial charge >= 0.3 is 0 Å². The lowest BCUT2D eigenvalue weighted by Crippen LogP contribution is -2.38. The number of nitrogens with two attached hydrogens (primary N) is 1. The summed E-state index contributed by atoms with van der Waals surface area (Å²) in [4.78, 5) is 27.5. The minimum atomic E-state index is -0.476. The van der Waals surface area contributed by atoms with E-state index in [4.69, 9.17) is 5.73 Å². The molecule has 1 aliphatic carbocycles. The van der Waals surface area contributed by atoms with Gasteiger partial charge in [-0.05, 0) is 42.2 Å². The van der Waals surface area contributed by atoms with E-state index < -0.39 is 10.8 Å². The van der Waals surface area contributed by atoms with E-state index >= 15 is 0 Å². The predicted molar refractivity (Wildman–Crippen MR) is 122 cm³/mol. The molecule has 1 aromatic carbocycles. The molecule has 0 saturated heterocycles. The highest BCUT2D eigenvalue weighted by Crippen LogP contribution is 2.49. The van der Waals surface area contributed by atoms with E-state index in [1.54, 1.807) is 28.8 Å². The van der Waals surface area contributed by atoms with Gasteiger partial charge in [0.05, 0.1) is 22.5 Å². The van der Waals surface area contributed by atoms with E-state index in [2.05, 4.69) is 13.0 Å². The number of hydrogen-bond donors (Lipinski definition) is 1. The van der Waals surface area contributed by atoms with E-state index in [1.165, 1.54) is 23.5 Å². The van der Waals surface area contributed by atoms with E-state index in [9.17, 15) is 20.2 Å². The fourth-order valence-electron chi connectivity index (χ4n) is 4.16. The third-order valence-electron chi connectivity index (χ3n) is 5.45. The number of carbonyl (C=O) groups is 1. The number of allylic oxidation sites excluding steroid dienone is 3. The quantitative estimate of drug-likeness (QED) is 0.382. The van der Waals surface area contributed by atoms with Crippen molar-refractivity contribution in [2.45, 2.75) is 37.0 Å². The number of nitrogens with zero attached hydrogens (tertiary/aromatic N) is 3. The number of rotatable bonds is 5. The van der Waals surface area contributed by atoms with Crippen LogP contribution in [0.15, 0.2) is 63.3 Å². The van der Waals surface area contributed by atoms with Crippen molar-refractivity contribution in [2.75, 3.05) is 10.7 Å². The van der Waals surface area contributed by atoms with Crippen LogP contribution in [0.1, 0.15) is 37.0 Å². The zero-order valence-corrected chi connectivity index (χ0v) is 18.5. The van der Waals surface area contributed by atoms with E-state index in [-0.39, 0.29) is 17.3 Å². The first-order chi connectivity index (χ1) is 15.0. The third kappa shape index (κ3) is 3.62. The van der Waals surface area contributed by atoms with Crippen LogP contribution < -0.4 is 10.6 Å². The van der Waals surface area contributed by atoms with Crippen LogP contribution in [0.5, 0.6) is 0 Å². The van der Waals surface area contributed by atoms with Crippen molar-refractivity contribution in [3.63, 3.8) is 0 Å². The second kappa shape index (κ2) is 8.57. The van der Waals surface area contributed by atoms with Gasteiger partial charge in [0, 0.05) is 45.3 Å². The van der Waals surface area contributed by atoms with Gasteiger partial charge in [0.25, 0.3) is 5.69 Å². The molecular formula is C22H20N4O3S2. The number of nitro benzene ring substituents is 1. The van der Waals surface area contributed by atoms with Crippen molar-refractivity contribution < 1.29 is 9.72 Å². The van der Waals surface area contributed by atoms with Crippen LogP contribution in [0.2, 0.25) is 0 Å². The number of anilines is 1. The number of nitro groups is 1. The van der Waals surface area contributed by atoms with Crippen molar-refractivity contribution >= 4 is 40.3 Å². The summed E-state index contributed by atoms with van der Waals surface area (Å²) in [5.74, 6) is 0.706. The first-order valence-electron chi connectivity index (χ1n) is 9.88. The summed E-state index contributed by atoms with van der Waals surface area (Å²) >= 11 is 3.22. The van der Waals surface area contributed by atoms with Gasteiger partial charge in [0.2, 0.25) is 0 Å². The minimum Gasteiger partial charge on any atom is -0.384 e. The zero-order valence-electron chi connectivity index (χ0n) is 16.8. The molecule has 0 unspecified atom stereocenters. The standard InChI is InChI=1S/C22H20N4O3S2/c1-2-30-18-10-11-31-21(18)19-15(12-23)22(24)25(16-4-3-5-17(27)20(16)19)13-6-8-14(9-7-13)26(28)29/h6-11,19H,2-5,24H2,1H3/t19-/m1/s1. The molecule has 0 radical (unpaired) electrons. The lowest BCUT2D eigenvalue weighted by atomic mass is 9.78. The molecular weight excluding hydrogens is 432 g/mol. The average Bonchev–Trinajstić information content (AvgIpc) is 3.21. The highest BCUT2D eigenvalue weighted by atomic mass is 32.2. The molecule has 0 saturated carbocycles. The van der Waals surface area contributed by atoms with Crippen LogP contribution in [-0.4, -0.2) is 16.5 Å². The van der Waals surface area contributed by atoms with Crippen LogP contribution in [0.4, 0.5) is 11.4 Å². The summed E-state index contributed by atoms with van der Waals surface area (Å²) in [7, 11) is 0. The van der Waals surface area contributed by atoms with Gasteiger partial charge < -0.3 is 5.73 Å². The number of benzene rings is 1. The van der Waals surface area contributed by atoms with Gasteiger partial charge in [-0.1, -0.05) is 6.92 Å². The molecule has 7 nitrogen and oxygen atoms in total. The summed E-state index contributed by atoms with van der Waals surface area (Å²) in [6, 6.07) is 10.3. The Bertz CT molecular complexity index is 1160. The van der Waals surface area contributed by atoms with Crippen LogP contribution in [0.3, 0.4) is 0 Å². The van der Waals surface area contributed by atoms with Crippen molar-refractivity contribution in [3.05, 3.63) is 73.4 Å². The summed E-state index contributed by atoms with van der Waals surface area (Å²) < 4.78 is 0. The van der Waals surface area contributed by atoms with Gasteiger partial charge in [-0.3, -0.25) is 19.8 Å². The SMILES string of the molecule is CCSc1ccsc1[C@@H]1C(C#N)=C(N)N(c2ccc([N+](=O)[O-])cc2)C2=C1C(=O)CCC2. The summed E-state index contributed by atoms with van der Waals surface area (Å²) in [6.45, 7) is 2.06. The number of ketones is 1. The molecule has 0 fully saturated rings. The molecule has 9 heteroatoms. The zero-order chi connectivity index (χ0) is 22.1. The van der Waals surface area contributed by atoms with Gasteiger partial charge in [-0.25, -0.2) is 0 Å². The second-order valence-electron chi connectivity index (χ2n) is 7.17. The maximum absolute atomic E-state index is 13.1. The van der Waals surface area contributed by atoms with Gasteiger partial charge in [0.15, 0.2) is 5.78 Å². The molecule has 2 aliphatic rings. The van der Waals surface area contributed by atoms with Crippen LogP contribution >= 0.6 is 23.1 Å². The Labute approximate surface area is 188 Å². The van der Waals surface area contributed by atoms with E-state index in [0.717, 1.165) is 21.2 Å². The molecule has 31 heavy (non-hydrogen) atoms. The fraction of sp³-hybridized carbons (Fsp3) is 0.273. The van der Waals surface area contributed by atoms with Crippen molar-refractivity contribution in [3.8, 4) is 6.07 Å². The van der Waals surface area contributed by atoms with Crippen LogP contribution in [0, 0.1) is 21.4 Å². The largest absolute Gasteiger partial charge is 0.384 e. The van der Waals surface area contributed by atoms with Gasteiger partial charge in [-0.15, -0.1) is 23.1 Å². The molecule has 158 valence electrons. The Hall–Kier alpha value is -3.09. The van der Waals surface area contributed by atoms with E-state index in [0.29, 0.717) is 36.1 Å². The Morgan fingerprint density at radius 1 is 1.32 bits per heavy atom. The molecule has 2 aromatic rings. The number of Topliss-reactive ketones (excluding diaryl/α,β-unsaturated/α-hetero) is 1. The molecule has 1 aliphatic heterocycles. The van der Waals surface area contributed by atoms with Crippen molar-refractivity contribution in [1.82, 2.24) is 0 Å². The Balaban J connectivity index is 1.91. The van der Waals surface area contributed by atoms with Gasteiger partial charge in [-0.2, -0.15) is 5.26 Å². The monoisotopic (exact) mass is 452 g/mol. The molecule has 0 bridgehead atoms. The van der Waals surface area contributed by atoms with E-state index in [1.807, 2.05) is 11.4 Å². The molecule has 4 rings (SSSR count). The lowest BCUT2D eigenvalue weighted by molar-refractivity contribution is -0.384. The molecule has 1 aromatic heterocycles. The Morgan fingerprint density at radius 2 is 2.06 bits per heavy atom. The topological polar surface area (TPSA) is 113 Å². The Morgan fingerprint density at radius 3 is 2.71 bits per heavy atom. The first-order valence-corrected chi connectivity index (χ1v) is 11.7. The average molecular weight is 453 g/mol. The van der Waals surface area contributed by atoms with Crippen molar-refractivity contribution in [1.29, 1.82) is 5.26 Å². The number of thioether (sulfide) groups is 1. The Kier molecular flexibility index (Phi) is 5.85. The lowest BCUT2D eigenvalue weighted by Gasteiger charge is -2.39.